The van der Waals surface area contributed by atoms with Gasteiger partial charge >= 0.3 is 0 Å². The van der Waals surface area contributed by atoms with E-state index in [1.807, 2.05) is 13.8 Å². The van der Waals surface area contributed by atoms with Gasteiger partial charge in [-0.3, -0.25) is 4.79 Å². The molecule has 0 aliphatic carbocycles. The Morgan fingerprint density at radius 2 is 1.89 bits per heavy atom. The molecular weight excluding hydrogens is 356 g/mol. The van der Waals surface area contributed by atoms with Gasteiger partial charge in [0.1, 0.15) is 0 Å². The molecule has 1 rings (SSSR count). The van der Waals surface area contributed by atoms with Crippen molar-refractivity contribution in [1.29, 1.82) is 0 Å². The lowest BCUT2D eigenvalue weighted by molar-refractivity contribution is 0.0772. The van der Waals surface area contributed by atoms with Crippen LogP contribution >= 0.6 is 27.5 Å². The third kappa shape index (κ3) is 3.68. The zero-order valence-electron chi connectivity index (χ0n) is 10.5. The largest absolute Gasteiger partial charge is 0.339 e. The maximum Gasteiger partial charge on any atom is 0.253 e. The maximum absolute atomic E-state index is 12.2. The van der Waals surface area contributed by atoms with Gasteiger partial charge in [-0.25, -0.2) is 13.6 Å². The van der Waals surface area contributed by atoms with Crippen molar-refractivity contribution in [3.63, 3.8) is 0 Å². The summed E-state index contributed by atoms with van der Waals surface area (Å²) in [6.07, 6.45) is 0. The summed E-state index contributed by atoms with van der Waals surface area (Å²) in [5.41, 5.74) is 0.195. The fourth-order valence-corrected chi connectivity index (χ4v) is 3.42. The van der Waals surface area contributed by atoms with Crippen LogP contribution in [0.1, 0.15) is 24.2 Å². The fraction of sp³-hybridized carbons (Fsp3) is 0.364. The summed E-state index contributed by atoms with van der Waals surface area (Å²) in [7, 11) is -3.95. The number of rotatable bonds is 4. The van der Waals surface area contributed by atoms with Crippen LogP contribution in [0.4, 0.5) is 0 Å². The van der Waals surface area contributed by atoms with E-state index in [4.69, 9.17) is 16.7 Å². The quantitative estimate of drug-likeness (QED) is 0.883. The van der Waals surface area contributed by atoms with E-state index in [1.54, 1.807) is 4.90 Å². The van der Waals surface area contributed by atoms with Crippen molar-refractivity contribution < 1.29 is 13.2 Å². The number of benzene rings is 1. The molecular formula is C11H14BrClN2O3S. The maximum atomic E-state index is 12.2. The van der Waals surface area contributed by atoms with Gasteiger partial charge in [0.05, 0.1) is 14.4 Å². The standard InChI is InChI=1S/C11H14BrClN2O3S/c1-3-15(4-2)11(16)7-5-8(13)10(12)9(6-7)19(14,17)18/h5-6H,3-4H2,1-2H3,(H2,14,17,18). The number of amides is 1. The van der Waals surface area contributed by atoms with Crippen LogP contribution in [0.25, 0.3) is 0 Å². The van der Waals surface area contributed by atoms with E-state index in [1.165, 1.54) is 12.1 Å². The number of nitrogens with two attached hydrogens (primary N) is 1. The number of halogens is 2. The highest BCUT2D eigenvalue weighted by molar-refractivity contribution is 9.10. The van der Waals surface area contributed by atoms with Crippen molar-refractivity contribution in [3.8, 4) is 0 Å². The Labute approximate surface area is 125 Å². The number of nitrogens with zero attached hydrogens (tertiary/aromatic N) is 1. The molecule has 0 bridgehead atoms. The van der Waals surface area contributed by atoms with Crippen molar-refractivity contribution in [2.24, 2.45) is 5.14 Å². The molecule has 1 aromatic carbocycles. The summed E-state index contributed by atoms with van der Waals surface area (Å²) in [6.45, 7) is 4.71. The molecule has 1 amide bonds. The number of hydrogen-bond donors (Lipinski definition) is 1. The van der Waals surface area contributed by atoms with Gasteiger partial charge in [-0.2, -0.15) is 0 Å². The molecule has 0 aliphatic rings. The molecule has 0 aliphatic heterocycles. The molecule has 0 unspecified atom stereocenters. The zero-order chi connectivity index (χ0) is 14.8. The van der Waals surface area contributed by atoms with Crippen LogP contribution in [0.5, 0.6) is 0 Å². The molecule has 0 heterocycles. The first-order valence-electron chi connectivity index (χ1n) is 5.53. The van der Waals surface area contributed by atoms with E-state index >= 15 is 0 Å². The van der Waals surface area contributed by atoms with Crippen molar-refractivity contribution in [2.75, 3.05) is 13.1 Å². The van der Waals surface area contributed by atoms with E-state index in [9.17, 15) is 13.2 Å². The Hall–Kier alpha value is -0.630. The molecule has 0 saturated heterocycles. The van der Waals surface area contributed by atoms with Crippen LogP contribution in [-0.2, 0) is 10.0 Å². The average Bonchev–Trinajstić information content (AvgIpc) is 2.32. The molecule has 1 aromatic rings. The minimum Gasteiger partial charge on any atom is -0.339 e. The Balaban J connectivity index is 3.40. The lowest BCUT2D eigenvalue weighted by Gasteiger charge is -2.19. The summed E-state index contributed by atoms with van der Waals surface area (Å²) in [6, 6.07) is 2.65. The van der Waals surface area contributed by atoms with Gasteiger partial charge in [0, 0.05) is 18.7 Å². The van der Waals surface area contributed by atoms with E-state index in [2.05, 4.69) is 15.9 Å². The molecule has 106 valence electrons. The number of carbonyl (C=O) groups excluding carboxylic acids is 1. The van der Waals surface area contributed by atoms with Crippen LogP contribution in [0.2, 0.25) is 5.02 Å². The second-order valence-corrected chi connectivity index (χ2v) is 6.52. The molecule has 0 spiro atoms. The first-order valence-corrected chi connectivity index (χ1v) is 8.25. The fourth-order valence-electron chi connectivity index (χ4n) is 1.59. The van der Waals surface area contributed by atoms with Gasteiger partial charge in [0.15, 0.2) is 0 Å². The van der Waals surface area contributed by atoms with E-state index in [-0.39, 0.29) is 25.9 Å². The Bertz CT molecular complexity index is 600. The van der Waals surface area contributed by atoms with Crippen LogP contribution in [0.15, 0.2) is 21.5 Å². The highest BCUT2D eigenvalue weighted by Gasteiger charge is 2.21. The highest BCUT2D eigenvalue weighted by atomic mass is 79.9. The number of hydrogen-bond acceptors (Lipinski definition) is 3. The summed E-state index contributed by atoms with van der Waals surface area (Å²) >= 11 is 8.98. The molecule has 0 aromatic heterocycles. The van der Waals surface area contributed by atoms with Crippen LogP contribution in [-0.4, -0.2) is 32.3 Å². The second kappa shape index (κ2) is 6.21. The van der Waals surface area contributed by atoms with Gasteiger partial charge < -0.3 is 4.90 Å². The SMILES string of the molecule is CCN(CC)C(=O)c1cc(Cl)c(Br)c(S(N)(=O)=O)c1. The van der Waals surface area contributed by atoms with Crippen molar-refractivity contribution in [3.05, 3.63) is 27.2 Å². The van der Waals surface area contributed by atoms with Crippen LogP contribution in [0, 0.1) is 0 Å². The molecule has 0 saturated carbocycles. The van der Waals surface area contributed by atoms with E-state index in [0.29, 0.717) is 13.1 Å². The Kier molecular flexibility index (Phi) is 5.37. The Morgan fingerprint density at radius 1 is 1.37 bits per heavy atom. The average molecular weight is 370 g/mol. The minimum absolute atomic E-state index is 0.127. The molecule has 19 heavy (non-hydrogen) atoms. The summed E-state index contributed by atoms with van der Waals surface area (Å²) in [5, 5.41) is 5.22. The summed E-state index contributed by atoms with van der Waals surface area (Å²) in [5.74, 6) is -0.288. The van der Waals surface area contributed by atoms with Gasteiger partial charge in [-0.05, 0) is 41.9 Å². The highest BCUT2D eigenvalue weighted by Crippen LogP contribution is 2.31. The molecule has 0 radical (unpaired) electrons. The van der Waals surface area contributed by atoms with Gasteiger partial charge in [0.25, 0.3) is 5.91 Å². The van der Waals surface area contributed by atoms with Gasteiger partial charge in [-0.1, -0.05) is 11.6 Å². The number of carbonyl (C=O) groups is 1. The van der Waals surface area contributed by atoms with E-state index in [0.717, 1.165) is 0 Å². The smallest absolute Gasteiger partial charge is 0.253 e. The predicted octanol–water partition coefficient (Wildman–Crippen LogP) is 2.23. The summed E-state index contributed by atoms with van der Waals surface area (Å²) in [4.78, 5) is 13.5. The van der Waals surface area contributed by atoms with Gasteiger partial charge in [0.2, 0.25) is 10.0 Å². The lowest BCUT2D eigenvalue weighted by Crippen LogP contribution is -2.30. The first-order chi connectivity index (χ1) is 8.72. The van der Waals surface area contributed by atoms with Gasteiger partial charge in [-0.15, -0.1) is 0 Å². The molecule has 2 N–H and O–H groups in total. The Morgan fingerprint density at radius 3 is 2.32 bits per heavy atom. The summed E-state index contributed by atoms with van der Waals surface area (Å²) < 4.78 is 23.1. The topological polar surface area (TPSA) is 80.5 Å². The molecule has 8 heteroatoms. The number of primary sulfonamides is 1. The first kappa shape index (κ1) is 16.4. The monoisotopic (exact) mass is 368 g/mol. The van der Waals surface area contributed by atoms with Crippen molar-refractivity contribution in [2.45, 2.75) is 18.7 Å². The normalized spacial score (nSPS) is 11.4. The third-order valence-corrected chi connectivity index (χ3v) is 5.18. The molecule has 0 fully saturated rings. The third-order valence-electron chi connectivity index (χ3n) is 2.60. The second-order valence-electron chi connectivity index (χ2n) is 3.79. The predicted molar refractivity (Wildman–Crippen MR) is 77.8 cm³/mol. The number of sulfonamides is 1. The molecule has 5 nitrogen and oxygen atoms in total. The lowest BCUT2D eigenvalue weighted by atomic mass is 10.2. The van der Waals surface area contributed by atoms with E-state index < -0.39 is 10.0 Å². The minimum atomic E-state index is -3.95. The van der Waals surface area contributed by atoms with Crippen LogP contribution < -0.4 is 5.14 Å². The molecule has 0 atom stereocenters. The van der Waals surface area contributed by atoms with Crippen molar-refractivity contribution >= 4 is 43.5 Å². The zero-order valence-corrected chi connectivity index (χ0v) is 13.6. The van der Waals surface area contributed by atoms with Crippen LogP contribution in [0.3, 0.4) is 0 Å². The van der Waals surface area contributed by atoms with Crippen molar-refractivity contribution in [1.82, 2.24) is 4.90 Å².